The highest BCUT2D eigenvalue weighted by Gasteiger charge is 1.95. The predicted octanol–water partition coefficient (Wildman–Crippen LogP) is 1.98. The van der Waals surface area contributed by atoms with E-state index < -0.39 is 17.4 Å². The number of pyridine rings is 2. The minimum absolute atomic E-state index is 0.915. The van der Waals surface area contributed by atoms with Gasteiger partial charge >= 0.3 is 17.4 Å². The molecule has 0 aliphatic heterocycles. The normalized spacial score (nSPS) is 8.78. The molecule has 0 radical (unpaired) electrons. The average Bonchev–Trinajstić information content (AvgIpc) is 2.43. The minimum atomic E-state index is -1.17. The molecular weight excluding hydrogens is 274 g/mol. The first-order valence-electron chi connectivity index (χ1n) is 4.65. The summed E-state index contributed by atoms with van der Waals surface area (Å²) >= 11 is 0. The van der Waals surface area contributed by atoms with Gasteiger partial charge in [0.05, 0.1) is 11.4 Å². The highest BCUT2D eigenvalue weighted by atomic mass is 31.1. The summed E-state index contributed by atoms with van der Waals surface area (Å²) in [7, 11) is -2.33. The molecule has 2 rings (SSSR count). The highest BCUT2D eigenvalue weighted by molar-refractivity contribution is 7.16. The van der Waals surface area contributed by atoms with E-state index in [1.54, 1.807) is 12.4 Å². The fourth-order valence-corrected chi connectivity index (χ4v) is 1.03. The molecule has 2 unspecified atom stereocenters. The Morgan fingerprint density at radius 3 is 1.33 bits per heavy atom. The summed E-state index contributed by atoms with van der Waals surface area (Å²) < 4.78 is 17.0. The van der Waals surface area contributed by atoms with E-state index in [1.165, 1.54) is 0 Å². The Hall–Kier alpha value is -1.58. The Kier molecular flexibility index (Phi) is 10.8. The van der Waals surface area contributed by atoms with Gasteiger partial charge in [0, 0.05) is 12.4 Å². The van der Waals surface area contributed by atoms with Crippen LogP contribution in [0.1, 0.15) is 0 Å². The molecule has 0 fully saturated rings. The molecule has 0 aliphatic carbocycles. The molecule has 0 saturated carbocycles. The smallest absolute Gasteiger partial charge is 0.255 e. The molecular formula is C10H12N2O4P2+2. The van der Waals surface area contributed by atoms with Gasteiger partial charge in [0.2, 0.25) is 0 Å². The van der Waals surface area contributed by atoms with Crippen molar-refractivity contribution in [3.8, 4) is 11.4 Å². The van der Waals surface area contributed by atoms with Gasteiger partial charge < -0.3 is 0 Å². The molecule has 0 saturated heterocycles. The van der Waals surface area contributed by atoms with Crippen molar-refractivity contribution in [1.29, 1.82) is 0 Å². The third kappa shape index (κ3) is 7.65. The van der Waals surface area contributed by atoms with Gasteiger partial charge in [0.25, 0.3) is 0 Å². The number of nitrogens with zero attached hydrogens (tertiary/aromatic N) is 2. The van der Waals surface area contributed by atoms with Crippen LogP contribution in [0.5, 0.6) is 0 Å². The summed E-state index contributed by atoms with van der Waals surface area (Å²) in [5, 5.41) is 0. The first-order valence-corrected chi connectivity index (χ1v) is 6.36. The summed E-state index contributed by atoms with van der Waals surface area (Å²) in [5.74, 6) is 0. The van der Waals surface area contributed by atoms with Gasteiger partial charge in [-0.2, -0.15) is 9.79 Å². The predicted molar refractivity (Wildman–Crippen MR) is 69.9 cm³/mol. The van der Waals surface area contributed by atoms with Gasteiger partial charge in [-0.05, 0) is 33.4 Å². The summed E-state index contributed by atoms with van der Waals surface area (Å²) in [6, 6.07) is 11.6. The molecule has 18 heavy (non-hydrogen) atoms. The zero-order valence-corrected chi connectivity index (χ0v) is 11.2. The highest BCUT2D eigenvalue weighted by Crippen LogP contribution is 2.10. The van der Waals surface area contributed by atoms with Crippen molar-refractivity contribution >= 4 is 17.4 Å². The lowest BCUT2D eigenvalue weighted by Crippen LogP contribution is -1.83. The molecule has 6 nitrogen and oxygen atoms in total. The van der Waals surface area contributed by atoms with Crippen LogP contribution in [0.15, 0.2) is 48.8 Å². The van der Waals surface area contributed by atoms with E-state index in [2.05, 4.69) is 9.97 Å². The molecule has 2 atom stereocenters. The van der Waals surface area contributed by atoms with E-state index in [0.29, 0.717) is 0 Å². The largest absolute Gasteiger partial charge is 0.491 e. The Bertz CT molecular complexity index is 399. The molecule has 0 amide bonds. The zero-order chi connectivity index (χ0) is 13.6. The van der Waals surface area contributed by atoms with E-state index in [9.17, 15) is 0 Å². The molecule has 0 bridgehead atoms. The minimum Gasteiger partial charge on any atom is -0.255 e. The maximum absolute atomic E-state index is 8.51. The Morgan fingerprint density at radius 1 is 0.778 bits per heavy atom. The number of aromatic nitrogens is 2. The van der Waals surface area contributed by atoms with Crippen molar-refractivity contribution in [2.24, 2.45) is 0 Å². The molecule has 0 aromatic carbocycles. The monoisotopic (exact) mass is 286 g/mol. The molecule has 2 aromatic rings. The zero-order valence-electron chi connectivity index (χ0n) is 9.22. The molecule has 2 N–H and O–H groups in total. The van der Waals surface area contributed by atoms with E-state index in [0.717, 1.165) is 11.4 Å². The Morgan fingerprint density at radius 2 is 1.11 bits per heavy atom. The van der Waals surface area contributed by atoms with Crippen LogP contribution in [-0.4, -0.2) is 19.8 Å². The molecule has 0 spiro atoms. The topological polar surface area (TPSA) is 100 Å². The van der Waals surface area contributed by atoms with Gasteiger partial charge in [-0.1, -0.05) is 12.1 Å². The second-order valence-corrected chi connectivity index (χ2v) is 2.98. The van der Waals surface area contributed by atoms with Gasteiger partial charge in [-0.3, -0.25) is 9.97 Å². The third-order valence-electron chi connectivity index (χ3n) is 1.59. The number of hydrogen-bond donors (Lipinski definition) is 2. The lowest BCUT2D eigenvalue weighted by atomic mass is 10.2. The van der Waals surface area contributed by atoms with Crippen LogP contribution < -0.4 is 0 Å². The molecule has 2 aromatic heterocycles. The van der Waals surface area contributed by atoms with Crippen LogP contribution in [0.2, 0.25) is 0 Å². The van der Waals surface area contributed by atoms with Crippen LogP contribution >= 0.6 is 17.4 Å². The third-order valence-corrected chi connectivity index (χ3v) is 1.59. The average molecular weight is 286 g/mol. The first kappa shape index (κ1) is 16.4. The summed E-state index contributed by atoms with van der Waals surface area (Å²) in [5.41, 5.74) is 1.83. The standard InChI is InChI=1S/C10H8N2.2HO2P/c1-3-7-11-9(5-1)10-6-2-4-8-12-10;2*1-3-2/h1-8H;2*3H/p+2. The van der Waals surface area contributed by atoms with Gasteiger partial charge in [0.15, 0.2) is 0 Å². The van der Waals surface area contributed by atoms with E-state index >= 15 is 0 Å². The van der Waals surface area contributed by atoms with Crippen LogP contribution in [0, 0.1) is 0 Å². The molecule has 0 aliphatic rings. The number of rotatable bonds is 1. The summed E-state index contributed by atoms with van der Waals surface area (Å²) in [6.45, 7) is 0. The maximum Gasteiger partial charge on any atom is 0.491 e. The SMILES string of the molecule is O=[PH+]O.O=[PH+]O.c1ccc(-c2ccccn2)nc1. The maximum atomic E-state index is 8.51. The van der Waals surface area contributed by atoms with Crippen molar-refractivity contribution in [1.82, 2.24) is 9.97 Å². The van der Waals surface area contributed by atoms with Crippen molar-refractivity contribution in [3.05, 3.63) is 48.8 Å². The van der Waals surface area contributed by atoms with E-state index in [1.807, 2.05) is 36.4 Å². The second-order valence-electron chi connectivity index (χ2n) is 2.61. The molecule has 94 valence electrons. The fraction of sp³-hybridized carbons (Fsp3) is 0. The molecule has 2 heterocycles. The second kappa shape index (κ2) is 11.9. The van der Waals surface area contributed by atoms with Crippen LogP contribution in [-0.2, 0) is 9.13 Å². The number of hydrogen-bond acceptors (Lipinski definition) is 4. The Balaban J connectivity index is 0.000000414. The van der Waals surface area contributed by atoms with Crippen LogP contribution in [0.3, 0.4) is 0 Å². The quantitative estimate of drug-likeness (QED) is 0.777. The summed E-state index contributed by atoms with van der Waals surface area (Å²) in [4.78, 5) is 22.5. The van der Waals surface area contributed by atoms with Gasteiger partial charge in [-0.15, -0.1) is 0 Å². The van der Waals surface area contributed by atoms with Crippen molar-refractivity contribution in [2.45, 2.75) is 0 Å². The molecule has 8 heteroatoms. The van der Waals surface area contributed by atoms with Crippen molar-refractivity contribution in [3.63, 3.8) is 0 Å². The Labute approximate surface area is 107 Å². The van der Waals surface area contributed by atoms with Gasteiger partial charge in [-0.25, -0.2) is 0 Å². The van der Waals surface area contributed by atoms with Crippen molar-refractivity contribution < 1.29 is 18.9 Å². The van der Waals surface area contributed by atoms with E-state index in [4.69, 9.17) is 18.9 Å². The lowest BCUT2D eigenvalue weighted by Gasteiger charge is -1.96. The lowest BCUT2D eigenvalue weighted by molar-refractivity contribution is 0.523. The fourth-order valence-electron chi connectivity index (χ4n) is 1.03. The van der Waals surface area contributed by atoms with Crippen LogP contribution in [0.4, 0.5) is 0 Å². The van der Waals surface area contributed by atoms with E-state index in [-0.39, 0.29) is 0 Å². The van der Waals surface area contributed by atoms with Gasteiger partial charge in [0.1, 0.15) is 0 Å². The summed E-state index contributed by atoms with van der Waals surface area (Å²) in [6.07, 6.45) is 3.54. The first-order chi connectivity index (χ1) is 8.79. The van der Waals surface area contributed by atoms with Crippen molar-refractivity contribution in [2.75, 3.05) is 0 Å². The van der Waals surface area contributed by atoms with Crippen LogP contribution in [0.25, 0.3) is 11.4 Å².